The quantitative estimate of drug-likeness (QED) is 0.251. The van der Waals surface area contributed by atoms with E-state index in [-0.39, 0.29) is 0 Å². The molecule has 2 nitrogen and oxygen atoms in total. The predicted molar refractivity (Wildman–Crippen MR) is 158 cm³/mol. The van der Waals surface area contributed by atoms with E-state index in [1.807, 2.05) is 30.3 Å². The number of rotatable bonds is 3. The maximum Gasteiger partial charge on any atom is 0.0893 e. The molecule has 38 heavy (non-hydrogen) atoms. The van der Waals surface area contributed by atoms with Gasteiger partial charge in [0.15, 0.2) is 0 Å². The lowest BCUT2D eigenvalue weighted by Gasteiger charge is -2.11. The van der Waals surface area contributed by atoms with Crippen LogP contribution in [0.2, 0.25) is 0 Å². The molecule has 0 radical (unpaired) electrons. The van der Waals surface area contributed by atoms with Crippen molar-refractivity contribution in [3.05, 3.63) is 134 Å². The van der Waals surface area contributed by atoms with E-state index in [1.54, 1.807) is 6.20 Å². The highest BCUT2D eigenvalue weighted by Gasteiger charge is 2.23. The van der Waals surface area contributed by atoms with Crippen LogP contribution in [0.15, 0.2) is 134 Å². The van der Waals surface area contributed by atoms with Crippen LogP contribution in [0.3, 0.4) is 0 Å². The first-order chi connectivity index (χ1) is 18.8. The Morgan fingerprint density at radius 1 is 0.395 bits per heavy atom. The van der Waals surface area contributed by atoms with Crippen LogP contribution in [-0.4, -0.2) is 9.97 Å². The van der Waals surface area contributed by atoms with Gasteiger partial charge in [-0.1, -0.05) is 91.0 Å². The molecule has 2 heteroatoms. The highest BCUT2D eigenvalue weighted by Crippen LogP contribution is 2.50. The molecule has 2 aromatic heterocycles. The number of nitrogens with zero attached hydrogens (tertiary/aromatic N) is 2. The van der Waals surface area contributed by atoms with E-state index < -0.39 is 0 Å². The minimum Gasteiger partial charge on any atom is -0.255 e. The van der Waals surface area contributed by atoms with Gasteiger partial charge in [0.25, 0.3) is 0 Å². The maximum atomic E-state index is 4.88. The lowest BCUT2D eigenvalue weighted by Crippen LogP contribution is -1.90. The van der Waals surface area contributed by atoms with Crippen molar-refractivity contribution in [2.75, 3.05) is 0 Å². The number of hydrogen-bond donors (Lipinski definition) is 0. The average molecular weight is 483 g/mol. The molecule has 5 aromatic carbocycles. The Balaban J connectivity index is 1.22. The fourth-order valence-electron chi connectivity index (χ4n) is 5.87. The number of fused-ring (bicyclic) bond motifs is 4. The second-order valence-corrected chi connectivity index (χ2v) is 9.83. The van der Waals surface area contributed by atoms with E-state index in [0.717, 1.165) is 22.6 Å². The van der Waals surface area contributed by atoms with Gasteiger partial charge in [0.2, 0.25) is 0 Å². The molecule has 0 saturated heterocycles. The first-order valence-corrected chi connectivity index (χ1v) is 12.9. The van der Waals surface area contributed by atoms with Gasteiger partial charge in [0, 0.05) is 11.8 Å². The van der Waals surface area contributed by atoms with Gasteiger partial charge in [-0.05, 0) is 91.3 Å². The molecule has 0 amide bonds. The summed E-state index contributed by atoms with van der Waals surface area (Å²) in [4.78, 5) is 9.33. The lowest BCUT2D eigenvalue weighted by atomic mass is 9.93. The third-order valence-corrected chi connectivity index (χ3v) is 7.67. The van der Waals surface area contributed by atoms with Crippen molar-refractivity contribution >= 4 is 21.5 Å². The number of aromatic nitrogens is 2. The Hall–Kier alpha value is -5.08. The van der Waals surface area contributed by atoms with Crippen LogP contribution < -0.4 is 0 Å². The first kappa shape index (κ1) is 21.0. The summed E-state index contributed by atoms with van der Waals surface area (Å²) in [6.07, 6.45) is 1.80. The SMILES string of the molecule is c1ccc(-c2cccc(-c3ccc(-c4ccc5c6c(cccc46)-c4cc6ccccc6cc4-5)cc3)n2)nc1. The van der Waals surface area contributed by atoms with Gasteiger partial charge in [-0.15, -0.1) is 0 Å². The molecule has 0 unspecified atom stereocenters. The summed E-state index contributed by atoms with van der Waals surface area (Å²) in [5, 5.41) is 5.22. The minimum atomic E-state index is 0.881. The van der Waals surface area contributed by atoms with Crippen molar-refractivity contribution in [1.82, 2.24) is 9.97 Å². The molecule has 7 aromatic rings. The summed E-state index contributed by atoms with van der Waals surface area (Å²) < 4.78 is 0. The number of hydrogen-bond acceptors (Lipinski definition) is 2. The van der Waals surface area contributed by atoms with Crippen LogP contribution in [0.1, 0.15) is 0 Å². The Morgan fingerprint density at radius 2 is 1.03 bits per heavy atom. The van der Waals surface area contributed by atoms with Gasteiger partial charge >= 0.3 is 0 Å². The molecular formula is C36H22N2. The molecule has 1 aliphatic carbocycles. The zero-order valence-electron chi connectivity index (χ0n) is 20.6. The van der Waals surface area contributed by atoms with Crippen LogP contribution in [0, 0.1) is 0 Å². The minimum absolute atomic E-state index is 0.881. The van der Waals surface area contributed by atoms with E-state index in [9.17, 15) is 0 Å². The lowest BCUT2D eigenvalue weighted by molar-refractivity contribution is 1.25. The molecule has 0 fully saturated rings. The molecule has 8 rings (SSSR count). The van der Waals surface area contributed by atoms with Gasteiger partial charge in [0.05, 0.1) is 17.1 Å². The summed E-state index contributed by atoms with van der Waals surface area (Å²) in [6, 6.07) is 45.4. The standard InChI is InChI=1S/C36H22N2/c1-2-8-26-22-32-30-19-18-27(28-9-5-10-29(36(28)30)31(32)21-25(26)7-1)23-14-16-24(17-15-23)33-12-6-13-35(38-33)34-11-3-4-20-37-34/h1-22H. The van der Waals surface area contributed by atoms with Crippen molar-refractivity contribution in [2.24, 2.45) is 0 Å². The monoisotopic (exact) mass is 482 g/mol. The van der Waals surface area contributed by atoms with Gasteiger partial charge in [-0.2, -0.15) is 0 Å². The van der Waals surface area contributed by atoms with E-state index in [0.29, 0.717) is 0 Å². The fourth-order valence-corrected chi connectivity index (χ4v) is 5.87. The molecule has 0 aliphatic heterocycles. The van der Waals surface area contributed by atoms with E-state index in [1.165, 1.54) is 54.9 Å². The van der Waals surface area contributed by atoms with Crippen LogP contribution in [0.25, 0.3) is 77.6 Å². The highest BCUT2D eigenvalue weighted by atomic mass is 14.8. The highest BCUT2D eigenvalue weighted by molar-refractivity contribution is 6.20. The van der Waals surface area contributed by atoms with Gasteiger partial charge in [0.1, 0.15) is 0 Å². The second kappa shape index (κ2) is 8.22. The molecule has 0 bridgehead atoms. The number of benzene rings is 5. The van der Waals surface area contributed by atoms with Crippen LogP contribution in [-0.2, 0) is 0 Å². The third-order valence-electron chi connectivity index (χ3n) is 7.67. The summed E-state index contributed by atoms with van der Waals surface area (Å²) >= 11 is 0. The molecule has 0 atom stereocenters. The van der Waals surface area contributed by atoms with Gasteiger partial charge in [-0.25, -0.2) is 4.98 Å². The summed E-state index contributed by atoms with van der Waals surface area (Å²) in [5.41, 5.74) is 11.6. The van der Waals surface area contributed by atoms with Crippen molar-refractivity contribution in [3.8, 4) is 56.0 Å². The van der Waals surface area contributed by atoms with E-state index in [4.69, 9.17) is 4.98 Å². The van der Waals surface area contributed by atoms with Crippen molar-refractivity contribution in [3.63, 3.8) is 0 Å². The Morgan fingerprint density at radius 3 is 1.79 bits per heavy atom. The Kier molecular flexibility index (Phi) is 4.55. The van der Waals surface area contributed by atoms with E-state index in [2.05, 4.69) is 102 Å². The van der Waals surface area contributed by atoms with Crippen LogP contribution >= 0.6 is 0 Å². The smallest absolute Gasteiger partial charge is 0.0893 e. The summed E-state index contributed by atoms with van der Waals surface area (Å²) in [7, 11) is 0. The molecule has 176 valence electrons. The zero-order valence-corrected chi connectivity index (χ0v) is 20.6. The topological polar surface area (TPSA) is 25.8 Å². The fraction of sp³-hybridized carbons (Fsp3) is 0. The third kappa shape index (κ3) is 3.21. The molecule has 0 N–H and O–H groups in total. The normalized spacial score (nSPS) is 11.7. The van der Waals surface area contributed by atoms with Crippen molar-refractivity contribution in [1.29, 1.82) is 0 Å². The molecule has 1 aliphatic rings. The molecular weight excluding hydrogens is 460 g/mol. The average Bonchev–Trinajstić information content (AvgIpc) is 3.31. The first-order valence-electron chi connectivity index (χ1n) is 12.9. The van der Waals surface area contributed by atoms with Crippen LogP contribution in [0.4, 0.5) is 0 Å². The molecule has 0 saturated carbocycles. The van der Waals surface area contributed by atoms with Crippen molar-refractivity contribution in [2.45, 2.75) is 0 Å². The number of pyridine rings is 2. The molecule has 0 spiro atoms. The van der Waals surface area contributed by atoms with Gasteiger partial charge < -0.3 is 0 Å². The Labute approximate surface area is 220 Å². The van der Waals surface area contributed by atoms with Crippen molar-refractivity contribution < 1.29 is 0 Å². The van der Waals surface area contributed by atoms with Crippen LogP contribution in [0.5, 0.6) is 0 Å². The maximum absolute atomic E-state index is 4.88. The Bertz CT molecular complexity index is 1960. The van der Waals surface area contributed by atoms with Gasteiger partial charge in [-0.3, -0.25) is 4.98 Å². The predicted octanol–water partition coefficient (Wildman–Crippen LogP) is 9.43. The molecule has 2 heterocycles. The largest absolute Gasteiger partial charge is 0.255 e. The summed E-state index contributed by atoms with van der Waals surface area (Å²) in [5.74, 6) is 0. The second-order valence-electron chi connectivity index (χ2n) is 9.83. The zero-order chi connectivity index (χ0) is 25.1. The summed E-state index contributed by atoms with van der Waals surface area (Å²) in [6.45, 7) is 0. The van der Waals surface area contributed by atoms with E-state index >= 15 is 0 Å².